The van der Waals surface area contributed by atoms with Crippen molar-refractivity contribution in [3.05, 3.63) is 63.2 Å². The summed E-state index contributed by atoms with van der Waals surface area (Å²) in [4.78, 5) is 36.4. The first-order valence-corrected chi connectivity index (χ1v) is 9.74. The highest BCUT2D eigenvalue weighted by Gasteiger charge is 2.26. The van der Waals surface area contributed by atoms with Crippen LogP contribution >= 0.6 is 22.9 Å². The third-order valence-corrected chi connectivity index (χ3v) is 5.51. The number of hydrogen-bond donors (Lipinski definition) is 2. The summed E-state index contributed by atoms with van der Waals surface area (Å²) in [5.41, 5.74) is 5.86. The fourth-order valence-corrected chi connectivity index (χ4v) is 3.75. The third-order valence-electron chi connectivity index (χ3n) is 4.04. The minimum Gasteiger partial charge on any atom is -0.471 e. The van der Waals surface area contributed by atoms with Crippen LogP contribution in [0.25, 0.3) is 0 Å². The van der Waals surface area contributed by atoms with Gasteiger partial charge in [-0.25, -0.2) is 9.48 Å². The van der Waals surface area contributed by atoms with E-state index in [1.807, 2.05) is 0 Å². The molecule has 0 saturated heterocycles. The maximum atomic E-state index is 12.6. The number of rotatable bonds is 7. The van der Waals surface area contributed by atoms with Crippen LogP contribution in [0.5, 0.6) is 5.75 Å². The number of benzene rings is 1. The molecule has 0 aliphatic heterocycles. The van der Waals surface area contributed by atoms with Crippen LogP contribution in [0.3, 0.4) is 0 Å². The molecule has 0 spiro atoms. The van der Waals surface area contributed by atoms with E-state index in [2.05, 4.69) is 10.4 Å². The second-order valence-electron chi connectivity index (χ2n) is 6.04. The number of aromatic nitrogens is 2. The van der Waals surface area contributed by atoms with Crippen molar-refractivity contribution < 1.29 is 23.9 Å². The number of hydrogen-bond acceptors (Lipinski definition) is 7. The smallest absolute Gasteiger partial charge is 0.341 e. The molecule has 3 aromatic rings. The highest BCUT2D eigenvalue weighted by molar-refractivity contribution is 7.18. The first kappa shape index (κ1) is 21.3. The Balaban J connectivity index is 1.74. The molecule has 2 amide bonds. The van der Waals surface area contributed by atoms with Gasteiger partial charge >= 0.3 is 5.97 Å². The summed E-state index contributed by atoms with van der Waals surface area (Å²) < 4.78 is 11.7. The summed E-state index contributed by atoms with van der Waals surface area (Å²) in [5.74, 6) is -1.36. The van der Waals surface area contributed by atoms with Gasteiger partial charge in [0.25, 0.3) is 11.8 Å². The largest absolute Gasteiger partial charge is 0.471 e. The van der Waals surface area contributed by atoms with Crippen LogP contribution in [0, 0.1) is 6.92 Å². The average Bonchev–Trinajstić information content (AvgIpc) is 3.32. The Labute approximate surface area is 180 Å². The van der Waals surface area contributed by atoms with Crippen molar-refractivity contribution in [2.45, 2.75) is 13.7 Å². The van der Waals surface area contributed by atoms with Crippen molar-refractivity contribution in [1.82, 2.24) is 9.78 Å². The lowest BCUT2D eigenvalue weighted by Crippen LogP contribution is -2.16. The molecule has 0 fully saturated rings. The zero-order valence-electron chi connectivity index (χ0n) is 16.0. The number of thiophene rings is 1. The fraction of sp³-hybridized carbons (Fsp3) is 0.158. The normalized spacial score (nSPS) is 10.5. The van der Waals surface area contributed by atoms with Crippen molar-refractivity contribution in [1.29, 1.82) is 0 Å². The first-order valence-electron chi connectivity index (χ1n) is 8.54. The highest BCUT2D eigenvalue weighted by atomic mass is 35.5. The Morgan fingerprint density at radius 2 is 1.93 bits per heavy atom. The summed E-state index contributed by atoms with van der Waals surface area (Å²) in [6.07, 6.45) is 1.57. The molecule has 156 valence electrons. The standard InChI is InChI=1S/C19H17ClN4O5S/c1-10-14(19(27)28-2)18(30-15(10)16(21)25)22-17(26)13-7-8-24(23-13)9-29-12-5-3-11(20)4-6-12/h3-8H,9H2,1-2H3,(H2,21,25)(H,22,26). The number of methoxy groups -OCH3 is 1. The number of carbonyl (C=O) groups excluding carboxylic acids is 3. The minimum atomic E-state index is -0.702. The Bertz CT molecular complexity index is 1110. The van der Waals surface area contributed by atoms with Crippen molar-refractivity contribution in [3.8, 4) is 5.75 Å². The van der Waals surface area contributed by atoms with Crippen LogP contribution in [0.2, 0.25) is 5.02 Å². The average molecular weight is 449 g/mol. The summed E-state index contributed by atoms with van der Waals surface area (Å²) in [6.45, 7) is 1.63. The van der Waals surface area contributed by atoms with E-state index in [4.69, 9.17) is 26.8 Å². The summed E-state index contributed by atoms with van der Waals surface area (Å²) in [6, 6.07) is 8.31. The molecule has 30 heavy (non-hydrogen) atoms. The topological polar surface area (TPSA) is 126 Å². The van der Waals surface area contributed by atoms with Gasteiger partial charge in [-0.05, 0) is 42.8 Å². The lowest BCUT2D eigenvalue weighted by molar-refractivity contribution is 0.0601. The molecule has 0 radical (unpaired) electrons. The van der Waals surface area contributed by atoms with E-state index in [1.54, 1.807) is 37.4 Å². The van der Waals surface area contributed by atoms with Gasteiger partial charge in [0.05, 0.1) is 17.6 Å². The predicted molar refractivity (Wildman–Crippen MR) is 111 cm³/mol. The van der Waals surface area contributed by atoms with Crippen molar-refractivity contribution in [2.75, 3.05) is 12.4 Å². The predicted octanol–water partition coefficient (Wildman–Crippen LogP) is 3.08. The number of anilines is 1. The van der Waals surface area contributed by atoms with Crippen molar-refractivity contribution in [3.63, 3.8) is 0 Å². The van der Waals surface area contributed by atoms with Gasteiger partial charge in [-0.1, -0.05) is 11.6 Å². The summed E-state index contributed by atoms with van der Waals surface area (Å²) in [5, 5.41) is 7.49. The molecule has 2 aromatic heterocycles. The molecule has 11 heteroatoms. The van der Waals surface area contributed by atoms with Crippen LogP contribution in [0.4, 0.5) is 5.00 Å². The second kappa shape index (κ2) is 8.97. The van der Waals surface area contributed by atoms with Crippen LogP contribution in [0.1, 0.15) is 36.1 Å². The number of halogens is 1. The SMILES string of the molecule is COC(=O)c1c(NC(=O)c2ccn(COc3ccc(Cl)cc3)n2)sc(C(N)=O)c1C. The zero-order valence-corrected chi connectivity index (χ0v) is 17.5. The zero-order chi connectivity index (χ0) is 21.8. The van der Waals surface area contributed by atoms with Crippen LogP contribution in [-0.2, 0) is 11.5 Å². The van der Waals surface area contributed by atoms with Crippen LogP contribution < -0.4 is 15.8 Å². The molecule has 0 unspecified atom stereocenters. The Morgan fingerprint density at radius 1 is 1.23 bits per heavy atom. The van der Waals surface area contributed by atoms with E-state index >= 15 is 0 Å². The highest BCUT2D eigenvalue weighted by Crippen LogP contribution is 2.33. The Morgan fingerprint density at radius 3 is 2.57 bits per heavy atom. The van der Waals surface area contributed by atoms with Gasteiger partial charge in [-0.2, -0.15) is 5.10 Å². The fourth-order valence-electron chi connectivity index (χ4n) is 2.58. The van der Waals surface area contributed by atoms with E-state index in [1.165, 1.54) is 17.9 Å². The van der Waals surface area contributed by atoms with Gasteiger partial charge < -0.3 is 20.5 Å². The van der Waals surface area contributed by atoms with E-state index < -0.39 is 17.8 Å². The lowest BCUT2D eigenvalue weighted by atomic mass is 10.1. The molecule has 3 N–H and O–H groups in total. The number of nitrogens with zero attached hydrogens (tertiary/aromatic N) is 2. The molecule has 0 saturated carbocycles. The third kappa shape index (κ3) is 4.61. The van der Waals surface area contributed by atoms with Gasteiger partial charge in [0.2, 0.25) is 0 Å². The van der Waals surface area contributed by atoms with E-state index in [-0.39, 0.29) is 27.9 Å². The van der Waals surface area contributed by atoms with Gasteiger partial charge in [0.1, 0.15) is 10.8 Å². The molecule has 2 heterocycles. The molecule has 1 aromatic carbocycles. The van der Waals surface area contributed by atoms with Crippen molar-refractivity contribution in [2.24, 2.45) is 5.73 Å². The number of nitrogens with two attached hydrogens (primary N) is 1. The molecule has 0 atom stereocenters. The maximum Gasteiger partial charge on any atom is 0.341 e. The van der Waals surface area contributed by atoms with Crippen LogP contribution in [0.15, 0.2) is 36.5 Å². The molecule has 0 aliphatic carbocycles. The number of primary amides is 1. The number of esters is 1. The second-order valence-corrected chi connectivity index (χ2v) is 7.50. The first-order chi connectivity index (χ1) is 14.3. The maximum absolute atomic E-state index is 12.6. The van der Waals surface area contributed by atoms with E-state index in [0.717, 1.165) is 11.3 Å². The number of nitrogens with one attached hydrogen (secondary N) is 1. The van der Waals surface area contributed by atoms with Gasteiger partial charge in [-0.15, -0.1) is 11.3 Å². The Kier molecular flexibility index (Phi) is 6.38. The number of carbonyl (C=O) groups is 3. The molecular formula is C19H17ClN4O5S. The molecule has 0 bridgehead atoms. The molecular weight excluding hydrogens is 432 g/mol. The van der Waals surface area contributed by atoms with Gasteiger partial charge in [-0.3, -0.25) is 9.59 Å². The van der Waals surface area contributed by atoms with E-state index in [9.17, 15) is 14.4 Å². The molecule has 9 nitrogen and oxygen atoms in total. The van der Waals surface area contributed by atoms with Crippen LogP contribution in [-0.4, -0.2) is 34.7 Å². The minimum absolute atomic E-state index is 0.0757. The molecule has 3 rings (SSSR count). The van der Waals surface area contributed by atoms with Gasteiger partial charge in [0.15, 0.2) is 12.4 Å². The monoisotopic (exact) mass is 448 g/mol. The quantitative estimate of drug-likeness (QED) is 0.535. The summed E-state index contributed by atoms with van der Waals surface area (Å²) >= 11 is 6.73. The lowest BCUT2D eigenvalue weighted by Gasteiger charge is -2.06. The van der Waals surface area contributed by atoms with E-state index in [0.29, 0.717) is 16.3 Å². The molecule has 0 aliphatic rings. The number of ether oxygens (including phenoxy) is 2. The van der Waals surface area contributed by atoms with Gasteiger partial charge in [0, 0.05) is 11.2 Å². The number of amides is 2. The van der Waals surface area contributed by atoms with Crippen molar-refractivity contribution >= 4 is 45.7 Å². The Hall–Kier alpha value is -3.37. The summed E-state index contributed by atoms with van der Waals surface area (Å²) in [7, 11) is 1.21.